The molecule has 0 aliphatic carbocycles. The Hall–Kier alpha value is -2.58. The summed E-state index contributed by atoms with van der Waals surface area (Å²) in [6, 6.07) is 11.9. The number of amides is 1. The molecule has 0 aliphatic heterocycles. The zero-order valence-corrected chi connectivity index (χ0v) is 15.8. The van der Waals surface area contributed by atoms with Gasteiger partial charge in [0.15, 0.2) is 0 Å². The fourth-order valence-electron chi connectivity index (χ4n) is 2.36. The highest BCUT2D eigenvalue weighted by Gasteiger charge is 2.14. The molecule has 0 bridgehead atoms. The van der Waals surface area contributed by atoms with Gasteiger partial charge in [-0.1, -0.05) is 12.1 Å². The Labute approximate surface area is 153 Å². The normalized spacial score (nSPS) is 11.1. The summed E-state index contributed by atoms with van der Waals surface area (Å²) in [4.78, 5) is 13.9. The van der Waals surface area contributed by atoms with Crippen LogP contribution in [0.5, 0.6) is 5.75 Å². The van der Waals surface area contributed by atoms with Crippen LogP contribution in [0.2, 0.25) is 0 Å². The lowest BCUT2D eigenvalue weighted by Crippen LogP contribution is -2.20. The maximum Gasteiger partial charge on any atom is 0.238 e. The van der Waals surface area contributed by atoms with Crippen LogP contribution in [0, 0.1) is 6.92 Å². The molecule has 0 heterocycles. The third-order valence-corrected chi connectivity index (χ3v) is 4.55. The first-order valence-corrected chi connectivity index (χ1v) is 9.55. The second-order valence-electron chi connectivity index (χ2n) is 6.08. The molecule has 140 valence electrons. The van der Waals surface area contributed by atoms with Crippen molar-refractivity contribution in [2.24, 2.45) is 5.14 Å². The maximum absolute atomic E-state index is 12.2. The lowest BCUT2D eigenvalue weighted by molar-refractivity contribution is -0.116. The minimum atomic E-state index is -3.86. The highest BCUT2D eigenvalue weighted by molar-refractivity contribution is 7.89. The number of nitrogens with zero attached hydrogens (tertiary/aromatic N) is 1. The van der Waals surface area contributed by atoms with E-state index in [9.17, 15) is 13.2 Å². The van der Waals surface area contributed by atoms with E-state index in [2.05, 4.69) is 5.32 Å². The summed E-state index contributed by atoms with van der Waals surface area (Å²) in [6.07, 6.45) is 0.125. The van der Waals surface area contributed by atoms with Crippen molar-refractivity contribution in [3.8, 4) is 5.75 Å². The van der Waals surface area contributed by atoms with Crippen LogP contribution in [0.1, 0.15) is 12.0 Å². The van der Waals surface area contributed by atoms with Gasteiger partial charge in [0.2, 0.25) is 15.9 Å². The summed E-state index contributed by atoms with van der Waals surface area (Å²) < 4.78 is 28.6. The van der Waals surface area contributed by atoms with Gasteiger partial charge < -0.3 is 15.0 Å². The van der Waals surface area contributed by atoms with Crippen molar-refractivity contribution >= 4 is 27.3 Å². The molecule has 0 spiro atoms. The summed E-state index contributed by atoms with van der Waals surface area (Å²) in [6.45, 7) is 2.17. The number of hydrogen-bond donors (Lipinski definition) is 2. The Balaban J connectivity index is 2.05. The van der Waals surface area contributed by atoms with E-state index < -0.39 is 10.0 Å². The van der Waals surface area contributed by atoms with Crippen molar-refractivity contribution in [1.29, 1.82) is 0 Å². The Kier molecular flexibility index (Phi) is 6.23. The Morgan fingerprint density at radius 1 is 1.19 bits per heavy atom. The molecule has 7 nitrogen and oxygen atoms in total. The van der Waals surface area contributed by atoms with E-state index in [1.54, 1.807) is 25.1 Å². The number of benzene rings is 2. The van der Waals surface area contributed by atoms with Gasteiger partial charge in [-0.2, -0.15) is 0 Å². The van der Waals surface area contributed by atoms with Crippen molar-refractivity contribution in [3.63, 3.8) is 0 Å². The lowest BCUT2D eigenvalue weighted by atomic mass is 10.2. The Bertz CT molecular complexity index is 895. The first-order chi connectivity index (χ1) is 12.2. The predicted molar refractivity (Wildman–Crippen MR) is 102 cm³/mol. The smallest absolute Gasteiger partial charge is 0.238 e. The molecule has 2 aromatic rings. The first-order valence-electron chi connectivity index (χ1n) is 8.00. The highest BCUT2D eigenvalue weighted by Crippen LogP contribution is 2.27. The number of ether oxygens (including phenoxy) is 1. The zero-order chi connectivity index (χ0) is 19.3. The number of carbonyl (C=O) groups excluding carboxylic acids is 1. The van der Waals surface area contributed by atoms with Gasteiger partial charge >= 0.3 is 0 Å². The van der Waals surface area contributed by atoms with E-state index in [4.69, 9.17) is 9.88 Å². The highest BCUT2D eigenvalue weighted by atomic mass is 32.2. The Morgan fingerprint density at radius 3 is 2.54 bits per heavy atom. The lowest BCUT2D eigenvalue weighted by Gasteiger charge is -2.19. The fraction of sp³-hybridized carbons (Fsp3) is 0.278. The van der Waals surface area contributed by atoms with E-state index in [0.717, 1.165) is 5.56 Å². The zero-order valence-electron chi connectivity index (χ0n) is 15.0. The largest absolute Gasteiger partial charge is 0.493 e. The molecule has 0 saturated heterocycles. The minimum absolute atomic E-state index is 0.0607. The number of aryl methyl sites for hydroxylation is 1. The SMILES string of the molecule is Cc1cccc(OCCC(=O)Nc2cc(S(N)(=O)=O)ccc2N(C)C)c1. The van der Waals surface area contributed by atoms with Crippen molar-refractivity contribution in [2.75, 3.05) is 30.9 Å². The van der Waals surface area contributed by atoms with Crippen LogP contribution in [-0.4, -0.2) is 35.0 Å². The number of carbonyl (C=O) groups is 1. The number of hydrogen-bond acceptors (Lipinski definition) is 5. The van der Waals surface area contributed by atoms with E-state index in [1.165, 1.54) is 12.1 Å². The fourth-order valence-corrected chi connectivity index (χ4v) is 2.90. The summed E-state index contributed by atoms with van der Waals surface area (Å²) in [5.41, 5.74) is 2.12. The summed E-state index contributed by atoms with van der Waals surface area (Å²) >= 11 is 0. The molecule has 0 unspecified atom stereocenters. The van der Waals surface area contributed by atoms with Crippen molar-refractivity contribution in [1.82, 2.24) is 0 Å². The number of nitrogens with two attached hydrogens (primary N) is 1. The molecular formula is C18H23N3O4S. The molecule has 0 fully saturated rings. The average Bonchev–Trinajstić information content (AvgIpc) is 2.53. The quantitative estimate of drug-likeness (QED) is 0.769. The van der Waals surface area contributed by atoms with Gasteiger partial charge in [0.1, 0.15) is 5.75 Å². The maximum atomic E-state index is 12.2. The van der Waals surface area contributed by atoms with Crippen LogP contribution in [0.3, 0.4) is 0 Å². The second kappa shape index (κ2) is 8.20. The number of sulfonamides is 1. The monoisotopic (exact) mass is 377 g/mol. The number of rotatable bonds is 7. The van der Waals surface area contributed by atoms with Gasteiger partial charge in [0, 0.05) is 14.1 Å². The molecule has 0 aromatic heterocycles. The van der Waals surface area contributed by atoms with Crippen LogP contribution >= 0.6 is 0 Å². The Morgan fingerprint density at radius 2 is 1.92 bits per heavy atom. The van der Waals surface area contributed by atoms with E-state index in [0.29, 0.717) is 17.1 Å². The van der Waals surface area contributed by atoms with Crippen molar-refractivity contribution in [3.05, 3.63) is 48.0 Å². The average molecular weight is 377 g/mol. The molecule has 3 N–H and O–H groups in total. The van der Waals surface area contributed by atoms with Gasteiger partial charge in [-0.15, -0.1) is 0 Å². The van der Waals surface area contributed by atoms with Crippen LogP contribution in [0.4, 0.5) is 11.4 Å². The molecule has 1 amide bonds. The molecule has 2 rings (SSSR count). The van der Waals surface area contributed by atoms with E-state index in [-0.39, 0.29) is 23.8 Å². The predicted octanol–water partition coefficient (Wildman–Crippen LogP) is 2.12. The van der Waals surface area contributed by atoms with Crippen LogP contribution in [0.15, 0.2) is 47.4 Å². The van der Waals surface area contributed by atoms with Crippen molar-refractivity contribution in [2.45, 2.75) is 18.2 Å². The van der Waals surface area contributed by atoms with Crippen LogP contribution < -0.4 is 20.1 Å². The van der Waals surface area contributed by atoms with E-state index in [1.807, 2.05) is 31.2 Å². The molecule has 0 aliphatic rings. The molecular weight excluding hydrogens is 354 g/mol. The molecule has 8 heteroatoms. The third-order valence-electron chi connectivity index (χ3n) is 3.64. The number of anilines is 2. The van der Waals surface area contributed by atoms with Gasteiger partial charge in [-0.05, 0) is 42.8 Å². The topological polar surface area (TPSA) is 102 Å². The molecule has 26 heavy (non-hydrogen) atoms. The van der Waals surface area contributed by atoms with Crippen LogP contribution in [0.25, 0.3) is 0 Å². The van der Waals surface area contributed by atoms with Gasteiger partial charge in [0.05, 0.1) is 29.3 Å². The molecule has 0 saturated carbocycles. The van der Waals surface area contributed by atoms with Gasteiger partial charge in [-0.3, -0.25) is 4.79 Å². The van der Waals surface area contributed by atoms with Gasteiger partial charge in [0.25, 0.3) is 0 Å². The summed E-state index contributed by atoms with van der Waals surface area (Å²) in [7, 11) is -0.267. The second-order valence-corrected chi connectivity index (χ2v) is 7.64. The van der Waals surface area contributed by atoms with Crippen molar-refractivity contribution < 1.29 is 17.9 Å². The summed E-state index contributed by atoms with van der Waals surface area (Å²) in [5, 5.41) is 7.89. The molecule has 0 atom stereocenters. The number of primary sulfonamides is 1. The molecule has 0 radical (unpaired) electrons. The minimum Gasteiger partial charge on any atom is -0.493 e. The number of nitrogens with one attached hydrogen (secondary N) is 1. The molecule has 2 aromatic carbocycles. The van der Waals surface area contributed by atoms with Gasteiger partial charge in [-0.25, -0.2) is 13.6 Å². The first kappa shape index (κ1) is 19.7. The van der Waals surface area contributed by atoms with E-state index >= 15 is 0 Å². The third kappa shape index (κ3) is 5.47. The summed E-state index contributed by atoms with van der Waals surface area (Å²) in [5.74, 6) is 0.412. The van der Waals surface area contributed by atoms with Crippen LogP contribution in [-0.2, 0) is 14.8 Å². The standard InChI is InChI=1S/C18H23N3O4S/c1-13-5-4-6-14(11-13)25-10-9-18(22)20-16-12-15(26(19,23)24)7-8-17(16)21(2)3/h4-8,11-12H,9-10H2,1-3H3,(H,20,22)(H2,19,23,24).